The van der Waals surface area contributed by atoms with Crippen molar-refractivity contribution in [1.29, 1.82) is 0 Å². The van der Waals surface area contributed by atoms with Gasteiger partial charge in [0.25, 0.3) is 0 Å². The molecule has 2 rings (SSSR count). The van der Waals surface area contributed by atoms with Gasteiger partial charge < -0.3 is 10.2 Å². The van der Waals surface area contributed by atoms with Crippen LogP contribution in [0.1, 0.15) is 32.3 Å². The summed E-state index contributed by atoms with van der Waals surface area (Å²) < 4.78 is 0. The van der Waals surface area contributed by atoms with Gasteiger partial charge in [-0.15, -0.1) is 0 Å². The summed E-state index contributed by atoms with van der Waals surface area (Å²) in [7, 11) is 0. The molecule has 2 heterocycles. The van der Waals surface area contributed by atoms with Crippen LogP contribution in [-0.4, -0.2) is 30.2 Å². The minimum atomic E-state index is 0.221. The zero-order valence-electron chi connectivity index (χ0n) is 11.2. The summed E-state index contributed by atoms with van der Waals surface area (Å²) in [5, 5.41) is 3.66. The Morgan fingerprint density at radius 3 is 3.06 bits per heavy atom. The Hall–Kier alpha value is -1.09. The lowest BCUT2D eigenvalue weighted by Gasteiger charge is -2.34. The third-order valence-electron chi connectivity index (χ3n) is 3.83. The van der Waals surface area contributed by atoms with Gasteiger partial charge in [-0.2, -0.15) is 0 Å². The number of aryl methyl sites for hydroxylation is 1. The molecule has 1 aliphatic rings. The Kier molecular flexibility index (Phi) is 3.67. The van der Waals surface area contributed by atoms with Crippen LogP contribution in [0.5, 0.6) is 0 Å². The molecule has 1 N–H and O–H groups in total. The Morgan fingerprint density at radius 2 is 2.35 bits per heavy atom. The van der Waals surface area contributed by atoms with Gasteiger partial charge in [0.2, 0.25) is 0 Å². The third kappa shape index (κ3) is 2.78. The minimum Gasteiger partial charge on any atom is -0.368 e. The van der Waals surface area contributed by atoms with E-state index in [1.165, 1.54) is 17.7 Å². The highest BCUT2D eigenvalue weighted by Gasteiger charge is 2.27. The molecule has 0 aliphatic carbocycles. The number of pyridine rings is 1. The van der Waals surface area contributed by atoms with Crippen LogP contribution in [-0.2, 0) is 0 Å². The molecule has 1 aliphatic heterocycles. The maximum absolute atomic E-state index is 4.26. The number of rotatable bonds is 2. The molecule has 1 atom stereocenters. The Balaban J connectivity index is 2.23. The largest absolute Gasteiger partial charge is 0.368 e. The molecule has 0 saturated carbocycles. The molecule has 3 nitrogen and oxygen atoms in total. The van der Waals surface area contributed by atoms with E-state index >= 15 is 0 Å². The van der Waals surface area contributed by atoms with Crippen molar-refractivity contribution in [2.75, 3.05) is 24.5 Å². The van der Waals surface area contributed by atoms with Gasteiger partial charge >= 0.3 is 0 Å². The summed E-state index contributed by atoms with van der Waals surface area (Å²) >= 11 is 0. The van der Waals surface area contributed by atoms with E-state index < -0.39 is 0 Å². The van der Waals surface area contributed by atoms with Crippen molar-refractivity contribution < 1.29 is 0 Å². The fraction of sp³-hybridized carbons (Fsp3) is 0.643. The molecule has 1 aromatic heterocycles. The van der Waals surface area contributed by atoms with Gasteiger partial charge in [-0.3, -0.25) is 4.98 Å². The Bertz CT molecular complexity index is 377. The van der Waals surface area contributed by atoms with E-state index in [1.807, 2.05) is 12.4 Å². The second-order valence-electron chi connectivity index (χ2n) is 5.28. The molecule has 94 valence electrons. The van der Waals surface area contributed by atoms with Crippen LogP contribution in [0.2, 0.25) is 0 Å². The molecule has 0 bridgehead atoms. The van der Waals surface area contributed by atoms with Gasteiger partial charge in [0, 0.05) is 24.8 Å². The van der Waals surface area contributed by atoms with Crippen LogP contribution in [0.3, 0.4) is 0 Å². The van der Waals surface area contributed by atoms with E-state index in [-0.39, 0.29) is 5.54 Å². The average Bonchev–Trinajstić information content (AvgIpc) is 2.53. The van der Waals surface area contributed by atoms with Gasteiger partial charge in [-0.1, -0.05) is 6.92 Å². The highest BCUT2D eigenvalue weighted by Crippen LogP contribution is 2.23. The van der Waals surface area contributed by atoms with Crippen LogP contribution in [0, 0.1) is 6.92 Å². The smallest absolute Gasteiger partial charge is 0.0583 e. The minimum absolute atomic E-state index is 0.221. The van der Waals surface area contributed by atoms with Gasteiger partial charge in [-0.05, 0) is 44.9 Å². The van der Waals surface area contributed by atoms with Gasteiger partial charge in [0.15, 0.2) is 0 Å². The molecule has 0 amide bonds. The summed E-state index contributed by atoms with van der Waals surface area (Å²) in [6, 6.07) is 2.09. The van der Waals surface area contributed by atoms with E-state index in [4.69, 9.17) is 0 Å². The normalized spacial score (nSPS) is 25.7. The lowest BCUT2D eigenvalue weighted by Crippen LogP contribution is -2.48. The van der Waals surface area contributed by atoms with E-state index in [9.17, 15) is 0 Å². The molecule has 1 unspecified atom stereocenters. The first-order chi connectivity index (χ1) is 8.14. The number of anilines is 1. The van der Waals surface area contributed by atoms with Crippen LogP contribution in [0.25, 0.3) is 0 Å². The number of aromatic nitrogens is 1. The second kappa shape index (κ2) is 5.05. The maximum Gasteiger partial charge on any atom is 0.0583 e. The second-order valence-corrected chi connectivity index (χ2v) is 5.28. The summed E-state index contributed by atoms with van der Waals surface area (Å²) in [6.07, 6.45) is 6.22. The zero-order chi connectivity index (χ0) is 12.3. The molecule has 1 fully saturated rings. The van der Waals surface area contributed by atoms with E-state index in [1.54, 1.807) is 0 Å². The molecule has 1 saturated heterocycles. The molecule has 3 heteroatoms. The van der Waals surface area contributed by atoms with Gasteiger partial charge in [0.05, 0.1) is 11.9 Å². The summed E-state index contributed by atoms with van der Waals surface area (Å²) in [4.78, 5) is 6.74. The van der Waals surface area contributed by atoms with Crippen molar-refractivity contribution >= 4 is 5.69 Å². The summed E-state index contributed by atoms with van der Waals surface area (Å²) in [6.45, 7) is 10.0. The zero-order valence-corrected chi connectivity index (χ0v) is 11.2. The van der Waals surface area contributed by atoms with Crippen molar-refractivity contribution in [1.82, 2.24) is 10.3 Å². The fourth-order valence-corrected chi connectivity index (χ4v) is 2.45. The predicted octanol–water partition coefficient (Wildman–Crippen LogP) is 2.36. The van der Waals surface area contributed by atoms with Crippen molar-refractivity contribution in [2.45, 2.75) is 39.2 Å². The average molecular weight is 233 g/mol. The first kappa shape index (κ1) is 12.4. The van der Waals surface area contributed by atoms with Crippen LogP contribution in [0.4, 0.5) is 5.69 Å². The molecule has 1 aromatic rings. The SMILES string of the molecule is CCC1(C)CN(c2cnccc2C)CCCN1. The highest BCUT2D eigenvalue weighted by atomic mass is 15.2. The number of hydrogen-bond acceptors (Lipinski definition) is 3. The van der Waals surface area contributed by atoms with E-state index in [0.717, 1.165) is 26.1 Å². The molecular formula is C14H23N3. The lowest BCUT2D eigenvalue weighted by molar-refractivity contribution is 0.366. The molecule has 0 radical (unpaired) electrons. The van der Waals surface area contributed by atoms with Crippen molar-refractivity contribution in [3.05, 3.63) is 24.0 Å². The standard InChI is InChI=1S/C14H23N3/c1-4-14(3)11-17(9-5-7-16-14)13-10-15-8-6-12(13)2/h6,8,10,16H,4-5,7,9,11H2,1-3H3. The van der Waals surface area contributed by atoms with Crippen LogP contribution >= 0.6 is 0 Å². The fourth-order valence-electron chi connectivity index (χ4n) is 2.45. The first-order valence-electron chi connectivity index (χ1n) is 6.55. The van der Waals surface area contributed by atoms with Gasteiger partial charge in [0.1, 0.15) is 0 Å². The number of nitrogens with zero attached hydrogens (tertiary/aromatic N) is 2. The highest BCUT2D eigenvalue weighted by molar-refractivity contribution is 5.51. The quantitative estimate of drug-likeness (QED) is 0.850. The Labute approximate surface area is 104 Å². The van der Waals surface area contributed by atoms with Crippen molar-refractivity contribution in [3.63, 3.8) is 0 Å². The lowest BCUT2D eigenvalue weighted by atomic mass is 9.98. The summed E-state index contributed by atoms with van der Waals surface area (Å²) in [5.41, 5.74) is 2.83. The van der Waals surface area contributed by atoms with Crippen molar-refractivity contribution in [3.8, 4) is 0 Å². The monoisotopic (exact) mass is 233 g/mol. The Morgan fingerprint density at radius 1 is 1.53 bits per heavy atom. The van der Waals surface area contributed by atoms with Crippen molar-refractivity contribution in [2.24, 2.45) is 0 Å². The number of nitrogens with one attached hydrogen (secondary N) is 1. The molecule has 0 aromatic carbocycles. The molecular weight excluding hydrogens is 210 g/mol. The maximum atomic E-state index is 4.26. The van der Waals surface area contributed by atoms with Crippen LogP contribution in [0.15, 0.2) is 18.5 Å². The summed E-state index contributed by atoms with van der Waals surface area (Å²) in [5.74, 6) is 0. The topological polar surface area (TPSA) is 28.2 Å². The third-order valence-corrected chi connectivity index (χ3v) is 3.83. The predicted molar refractivity (Wildman–Crippen MR) is 72.5 cm³/mol. The first-order valence-corrected chi connectivity index (χ1v) is 6.55. The van der Waals surface area contributed by atoms with Crippen LogP contribution < -0.4 is 10.2 Å². The van der Waals surface area contributed by atoms with E-state index in [0.29, 0.717) is 0 Å². The van der Waals surface area contributed by atoms with Gasteiger partial charge in [-0.25, -0.2) is 0 Å². The molecule has 0 spiro atoms. The number of hydrogen-bond donors (Lipinski definition) is 1. The van der Waals surface area contributed by atoms with E-state index in [2.05, 4.69) is 42.0 Å². The molecule has 17 heavy (non-hydrogen) atoms.